The zero-order valence-electron chi connectivity index (χ0n) is 16.1. The van der Waals surface area contributed by atoms with Crippen LogP contribution in [0.25, 0.3) is 0 Å². The monoisotopic (exact) mass is 340 g/mol. The van der Waals surface area contributed by atoms with E-state index in [9.17, 15) is 9.59 Å². The molecule has 1 fully saturated rings. The van der Waals surface area contributed by atoms with Gasteiger partial charge in [-0.2, -0.15) is 0 Å². The van der Waals surface area contributed by atoms with E-state index in [0.717, 1.165) is 25.7 Å². The fourth-order valence-corrected chi connectivity index (χ4v) is 3.58. The van der Waals surface area contributed by atoms with Gasteiger partial charge >= 0.3 is 5.97 Å². The fraction of sp³-hybridized carbons (Fsp3) is 0.895. The number of carbonyl (C=O) groups excluding carboxylic acids is 2. The lowest BCUT2D eigenvalue weighted by Gasteiger charge is -2.32. The second kappa shape index (κ2) is 10.7. The van der Waals surface area contributed by atoms with E-state index in [-0.39, 0.29) is 35.8 Å². The van der Waals surface area contributed by atoms with Crippen LogP contribution in [0, 0.1) is 11.8 Å². The van der Waals surface area contributed by atoms with Crippen molar-refractivity contribution in [3.05, 3.63) is 0 Å². The summed E-state index contributed by atoms with van der Waals surface area (Å²) in [5.74, 6) is 0.00728. The first-order chi connectivity index (χ1) is 11.4. The average Bonchev–Trinajstić information content (AvgIpc) is 2.58. The van der Waals surface area contributed by atoms with Gasteiger partial charge in [-0.25, -0.2) is 0 Å². The Hall–Kier alpha value is -1.10. The maximum absolute atomic E-state index is 12.9. The van der Waals surface area contributed by atoms with Gasteiger partial charge in [-0.05, 0) is 24.7 Å². The third kappa shape index (κ3) is 6.08. The zero-order valence-corrected chi connectivity index (χ0v) is 16.1. The Morgan fingerprint density at radius 2 is 1.62 bits per heavy atom. The summed E-state index contributed by atoms with van der Waals surface area (Å²) in [5.41, 5.74) is 0. The van der Waals surface area contributed by atoms with Gasteiger partial charge in [-0.3, -0.25) is 14.9 Å². The summed E-state index contributed by atoms with van der Waals surface area (Å²) in [6.07, 6.45) is 7.56. The Kier molecular flexibility index (Phi) is 9.34. The highest BCUT2D eigenvalue weighted by Gasteiger charge is 2.33. The van der Waals surface area contributed by atoms with E-state index in [1.165, 1.54) is 26.4 Å². The van der Waals surface area contributed by atoms with Gasteiger partial charge < -0.3 is 10.1 Å². The molecule has 2 atom stereocenters. The number of methoxy groups -OCH3 is 1. The van der Waals surface area contributed by atoms with Crippen LogP contribution >= 0.6 is 0 Å². The first-order valence-corrected chi connectivity index (χ1v) is 9.58. The molecule has 0 saturated heterocycles. The van der Waals surface area contributed by atoms with Crippen molar-refractivity contribution in [2.75, 3.05) is 7.11 Å². The Bertz CT molecular complexity index is 388. The van der Waals surface area contributed by atoms with E-state index in [4.69, 9.17) is 4.74 Å². The summed E-state index contributed by atoms with van der Waals surface area (Å²) in [7, 11) is 1.40. The highest BCUT2D eigenvalue weighted by Crippen LogP contribution is 2.20. The number of ether oxygens (including phenoxy) is 1. The van der Waals surface area contributed by atoms with Gasteiger partial charge in [0.25, 0.3) is 0 Å². The molecule has 1 saturated carbocycles. The van der Waals surface area contributed by atoms with Crippen LogP contribution in [0.4, 0.5) is 0 Å². The van der Waals surface area contributed by atoms with Crippen molar-refractivity contribution in [2.24, 2.45) is 11.8 Å². The van der Waals surface area contributed by atoms with Crippen molar-refractivity contribution in [3.63, 3.8) is 0 Å². The lowest BCUT2D eigenvalue weighted by atomic mass is 9.90. The second-order valence-electron chi connectivity index (χ2n) is 7.31. The van der Waals surface area contributed by atoms with Crippen LogP contribution in [0.5, 0.6) is 0 Å². The predicted molar refractivity (Wildman–Crippen MR) is 96.7 cm³/mol. The first-order valence-electron chi connectivity index (χ1n) is 9.58. The molecule has 1 amide bonds. The van der Waals surface area contributed by atoms with Crippen LogP contribution in [-0.2, 0) is 14.3 Å². The molecule has 5 nitrogen and oxygen atoms in total. The molecule has 140 valence electrons. The minimum absolute atomic E-state index is 0.0325. The topological polar surface area (TPSA) is 67.4 Å². The summed E-state index contributed by atoms with van der Waals surface area (Å²) in [4.78, 5) is 25.0. The van der Waals surface area contributed by atoms with Crippen molar-refractivity contribution < 1.29 is 14.3 Å². The molecule has 1 rings (SSSR count). The largest absolute Gasteiger partial charge is 0.468 e. The lowest BCUT2D eigenvalue weighted by Crippen LogP contribution is -2.57. The van der Waals surface area contributed by atoms with Crippen molar-refractivity contribution in [2.45, 2.75) is 90.8 Å². The number of esters is 1. The molecular formula is C19H36N2O3. The quantitative estimate of drug-likeness (QED) is 0.633. The van der Waals surface area contributed by atoms with Gasteiger partial charge in [0.15, 0.2) is 0 Å². The van der Waals surface area contributed by atoms with Crippen LogP contribution < -0.4 is 10.6 Å². The van der Waals surface area contributed by atoms with Gasteiger partial charge in [0.1, 0.15) is 6.04 Å². The summed E-state index contributed by atoms with van der Waals surface area (Å²) in [6.45, 7) is 8.13. The Morgan fingerprint density at radius 3 is 2.08 bits per heavy atom. The number of hydrogen-bond donors (Lipinski definition) is 2. The van der Waals surface area contributed by atoms with Crippen LogP contribution in [0.15, 0.2) is 0 Å². The Morgan fingerprint density at radius 1 is 1.04 bits per heavy atom. The molecule has 0 aliphatic heterocycles. The van der Waals surface area contributed by atoms with Crippen LogP contribution in [0.3, 0.4) is 0 Å². The number of nitrogens with one attached hydrogen (secondary N) is 2. The maximum atomic E-state index is 12.9. The molecule has 0 aromatic rings. The van der Waals surface area contributed by atoms with Gasteiger partial charge in [-0.15, -0.1) is 0 Å². The molecule has 0 heterocycles. The molecule has 5 heteroatoms. The van der Waals surface area contributed by atoms with E-state index in [2.05, 4.69) is 24.5 Å². The summed E-state index contributed by atoms with van der Waals surface area (Å²) in [5, 5.41) is 6.52. The van der Waals surface area contributed by atoms with Gasteiger partial charge in [0.05, 0.1) is 13.2 Å². The predicted octanol–water partition coefficient (Wildman–Crippen LogP) is 3.03. The molecule has 24 heavy (non-hydrogen) atoms. The summed E-state index contributed by atoms with van der Waals surface area (Å²) < 4.78 is 4.92. The lowest BCUT2D eigenvalue weighted by molar-refractivity contribution is -0.145. The minimum atomic E-state index is -0.460. The highest BCUT2D eigenvalue weighted by atomic mass is 16.5. The molecule has 0 spiro atoms. The fourth-order valence-electron chi connectivity index (χ4n) is 3.58. The van der Waals surface area contributed by atoms with Crippen LogP contribution in [-0.4, -0.2) is 37.1 Å². The molecule has 0 radical (unpaired) electrons. The number of hydrogen-bond acceptors (Lipinski definition) is 4. The molecule has 2 unspecified atom stereocenters. The number of rotatable bonds is 9. The third-order valence-corrected chi connectivity index (χ3v) is 5.24. The molecular weight excluding hydrogens is 304 g/mol. The third-order valence-electron chi connectivity index (χ3n) is 5.24. The Balaban J connectivity index is 2.84. The molecule has 2 N–H and O–H groups in total. The van der Waals surface area contributed by atoms with Gasteiger partial charge in [0.2, 0.25) is 5.91 Å². The van der Waals surface area contributed by atoms with E-state index in [0.29, 0.717) is 0 Å². The van der Waals surface area contributed by atoms with E-state index in [1.807, 2.05) is 13.8 Å². The summed E-state index contributed by atoms with van der Waals surface area (Å²) >= 11 is 0. The second-order valence-corrected chi connectivity index (χ2v) is 7.31. The van der Waals surface area contributed by atoms with Crippen LogP contribution in [0.2, 0.25) is 0 Å². The smallest absolute Gasteiger partial charge is 0.323 e. The molecule has 1 aliphatic carbocycles. The van der Waals surface area contributed by atoms with Crippen LogP contribution in [0.1, 0.15) is 72.6 Å². The molecule has 0 bridgehead atoms. The highest BCUT2D eigenvalue weighted by molar-refractivity contribution is 5.84. The van der Waals surface area contributed by atoms with Crippen molar-refractivity contribution >= 4 is 11.9 Å². The minimum Gasteiger partial charge on any atom is -0.468 e. The average molecular weight is 341 g/mol. The first kappa shape index (κ1) is 20.9. The standard InChI is InChI=1S/C19H36N2O3/c1-6-14(7-2)17(21-16(13(3)4)19(23)24-5)18(22)20-15-11-9-8-10-12-15/h13-17,21H,6-12H2,1-5H3,(H,20,22). The Labute approximate surface area is 147 Å². The van der Waals surface area contributed by atoms with Gasteiger partial charge in [0, 0.05) is 6.04 Å². The van der Waals surface area contributed by atoms with E-state index in [1.54, 1.807) is 0 Å². The van der Waals surface area contributed by atoms with Crippen molar-refractivity contribution in [1.82, 2.24) is 10.6 Å². The van der Waals surface area contributed by atoms with Crippen molar-refractivity contribution in [1.29, 1.82) is 0 Å². The number of amides is 1. The maximum Gasteiger partial charge on any atom is 0.323 e. The molecule has 0 aromatic heterocycles. The van der Waals surface area contributed by atoms with Gasteiger partial charge in [-0.1, -0.05) is 59.8 Å². The van der Waals surface area contributed by atoms with E-state index >= 15 is 0 Å². The van der Waals surface area contributed by atoms with Crippen molar-refractivity contribution in [3.8, 4) is 0 Å². The molecule has 1 aliphatic rings. The summed E-state index contributed by atoms with van der Waals surface area (Å²) in [6, 6.07) is -0.535. The normalized spacial score (nSPS) is 18.5. The zero-order chi connectivity index (χ0) is 18.1. The molecule has 0 aromatic carbocycles. The van der Waals surface area contributed by atoms with E-state index < -0.39 is 6.04 Å². The number of carbonyl (C=O) groups is 2. The SMILES string of the molecule is CCC(CC)C(NC(C(=O)OC)C(C)C)C(=O)NC1CCCCC1.